The molecule has 0 amide bonds. The Morgan fingerprint density at radius 3 is 2.34 bits per heavy atom. The van der Waals surface area contributed by atoms with E-state index in [1.165, 1.54) is 13.2 Å². The van der Waals surface area contributed by atoms with Gasteiger partial charge in [0.2, 0.25) is 0 Å². The maximum Gasteiger partial charge on any atom is 0.354 e. The van der Waals surface area contributed by atoms with E-state index in [0.717, 1.165) is 6.07 Å². The number of aromatic nitrogens is 2. The van der Waals surface area contributed by atoms with Crippen molar-refractivity contribution in [2.75, 3.05) is 20.3 Å². The van der Waals surface area contributed by atoms with Gasteiger partial charge in [0.05, 0.1) is 31.4 Å². The Labute approximate surface area is 164 Å². The molecule has 10 nitrogen and oxygen atoms in total. The van der Waals surface area contributed by atoms with Gasteiger partial charge in [-0.05, 0) is 26.0 Å². The molecule has 0 fully saturated rings. The summed E-state index contributed by atoms with van der Waals surface area (Å²) in [5.74, 6) is -3.08. The number of rotatable bonds is 7. The number of benzene rings is 1. The van der Waals surface area contributed by atoms with Gasteiger partial charge in [-0.3, -0.25) is 0 Å². The highest BCUT2D eigenvalue weighted by atomic mass is 16.5. The molecule has 0 bridgehead atoms. The molecule has 0 saturated heterocycles. The fourth-order valence-corrected chi connectivity index (χ4v) is 3.09. The van der Waals surface area contributed by atoms with Crippen molar-refractivity contribution >= 4 is 39.7 Å². The quantitative estimate of drug-likeness (QED) is 0.507. The number of carboxylic acids is 2. The number of nitrogens with zero attached hydrogens (tertiary/aromatic N) is 1. The largest absolute Gasteiger partial charge is 0.491 e. The Hall–Kier alpha value is -3.82. The molecule has 0 radical (unpaired) electrons. The molecule has 2 aromatic heterocycles. The van der Waals surface area contributed by atoms with Crippen molar-refractivity contribution in [3.05, 3.63) is 29.1 Å². The number of aromatic carboxylic acids is 2. The van der Waals surface area contributed by atoms with Crippen LogP contribution in [0.4, 0.5) is 0 Å². The van der Waals surface area contributed by atoms with Crippen molar-refractivity contribution in [2.24, 2.45) is 0 Å². The molecule has 10 heteroatoms. The number of fused-ring (bicyclic) bond motifs is 3. The van der Waals surface area contributed by atoms with Crippen LogP contribution in [0.25, 0.3) is 21.8 Å². The van der Waals surface area contributed by atoms with Gasteiger partial charge in [-0.1, -0.05) is 0 Å². The van der Waals surface area contributed by atoms with Crippen LogP contribution in [-0.2, 0) is 4.74 Å². The summed E-state index contributed by atoms with van der Waals surface area (Å²) in [5, 5.41) is 19.4. The van der Waals surface area contributed by atoms with Crippen molar-refractivity contribution in [1.29, 1.82) is 0 Å². The van der Waals surface area contributed by atoms with Crippen LogP contribution < -0.4 is 9.47 Å². The van der Waals surface area contributed by atoms with Crippen LogP contribution in [0.1, 0.15) is 45.2 Å². The van der Waals surface area contributed by atoms with E-state index in [-0.39, 0.29) is 52.4 Å². The summed E-state index contributed by atoms with van der Waals surface area (Å²) in [7, 11) is 1.34. The zero-order valence-electron chi connectivity index (χ0n) is 15.9. The zero-order chi connectivity index (χ0) is 21.3. The molecule has 0 unspecified atom stereocenters. The van der Waals surface area contributed by atoms with Crippen LogP contribution >= 0.6 is 0 Å². The fourth-order valence-electron chi connectivity index (χ4n) is 3.09. The van der Waals surface area contributed by atoms with Gasteiger partial charge < -0.3 is 29.4 Å². The zero-order valence-corrected chi connectivity index (χ0v) is 15.9. The van der Waals surface area contributed by atoms with Crippen LogP contribution in [0.2, 0.25) is 0 Å². The van der Waals surface area contributed by atoms with Gasteiger partial charge in [0.1, 0.15) is 16.9 Å². The lowest BCUT2D eigenvalue weighted by atomic mass is 10.0. The van der Waals surface area contributed by atoms with Crippen LogP contribution in [-0.4, -0.2) is 58.4 Å². The highest BCUT2D eigenvalue weighted by molar-refractivity contribution is 6.20. The van der Waals surface area contributed by atoms with Gasteiger partial charge in [0.15, 0.2) is 11.5 Å². The molecule has 0 aliphatic carbocycles. The van der Waals surface area contributed by atoms with Gasteiger partial charge in [-0.2, -0.15) is 0 Å². The monoisotopic (exact) mass is 402 g/mol. The fraction of sp³-hybridized carbons (Fsp3) is 0.263. The number of pyridine rings is 1. The molecule has 29 heavy (non-hydrogen) atoms. The van der Waals surface area contributed by atoms with Crippen molar-refractivity contribution in [3.63, 3.8) is 0 Å². The third-order valence-corrected chi connectivity index (χ3v) is 4.19. The normalized spacial score (nSPS) is 10.9. The Morgan fingerprint density at radius 2 is 1.79 bits per heavy atom. The molecule has 3 N–H and O–H groups in total. The average Bonchev–Trinajstić information content (AvgIpc) is 3.13. The van der Waals surface area contributed by atoms with Gasteiger partial charge in [0.25, 0.3) is 0 Å². The number of methoxy groups -OCH3 is 1. The van der Waals surface area contributed by atoms with E-state index in [1.54, 1.807) is 13.8 Å². The standard InChI is InChI=1S/C19H18N2O8/c1-4-28-15-9-7-11(18(24)25)20-13(9)12-8(19(26)29-5-2)6-10(17(22)23)21-14(12)16(15)27-3/h6-7,20H,4-5H2,1-3H3,(H,22,23)(H,24,25). The third-order valence-electron chi connectivity index (χ3n) is 4.19. The number of ether oxygens (including phenoxy) is 3. The first kappa shape index (κ1) is 19.9. The summed E-state index contributed by atoms with van der Waals surface area (Å²) in [4.78, 5) is 42.5. The molecule has 0 aliphatic heterocycles. The number of H-pyrrole nitrogens is 1. The minimum Gasteiger partial charge on any atom is -0.491 e. The summed E-state index contributed by atoms with van der Waals surface area (Å²) in [6.45, 7) is 3.63. The Kier molecular flexibility index (Phi) is 5.26. The molecule has 0 aliphatic rings. The SMILES string of the molecule is CCOC(=O)c1cc(C(=O)O)nc2c(OC)c(OCC)c3cc(C(=O)O)[nH]c3c12. The predicted molar refractivity (Wildman–Crippen MR) is 101 cm³/mol. The van der Waals surface area contributed by atoms with Crippen LogP contribution in [0, 0.1) is 0 Å². The number of carbonyl (C=O) groups is 3. The van der Waals surface area contributed by atoms with Gasteiger partial charge in [-0.25, -0.2) is 19.4 Å². The summed E-state index contributed by atoms with van der Waals surface area (Å²) < 4.78 is 16.1. The van der Waals surface area contributed by atoms with Gasteiger partial charge in [-0.15, -0.1) is 0 Å². The minimum absolute atomic E-state index is 0.0326. The molecule has 0 spiro atoms. The second-order valence-electron chi connectivity index (χ2n) is 5.88. The van der Waals surface area contributed by atoms with Gasteiger partial charge in [0, 0.05) is 10.8 Å². The summed E-state index contributed by atoms with van der Waals surface area (Å²) in [6.07, 6.45) is 0. The first-order valence-corrected chi connectivity index (χ1v) is 8.67. The van der Waals surface area contributed by atoms with Crippen molar-refractivity contribution < 1.29 is 38.8 Å². The minimum atomic E-state index is -1.35. The van der Waals surface area contributed by atoms with E-state index in [0.29, 0.717) is 5.39 Å². The summed E-state index contributed by atoms with van der Waals surface area (Å²) in [6, 6.07) is 2.44. The number of hydrogen-bond acceptors (Lipinski definition) is 7. The van der Waals surface area contributed by atoms with Gasteiger partial charge >= 0.3 is 17.9 Å². The lowest BCUT2D eigenvalue weighted by molar-refractivity contribution is 0.0528. The second kappa shape index (κ2) is 7.66. The number of aromatic amines is 1. The number of hydrogen-bond donors (Lipinski definition) is 3. The number of esters is 1. The highest BCUT2D eigenvalue weighted by Gasteiger charge is 2.27. The Bertz CT molecular complexity index is 1150. The van der Waals surface area contributed by atoms with Crippen LogP contribution in [0.5, 0.6) is 11.5 Å². The molecule has 2 heterocycles. The number of nitrogens with one attached hydrogen (secondary N) is 1. The maximum absolute atomic E-state index is 12.6. The van der Waals surface area contributed by atoms with Crippen LogP contribution in [0.15, 0.2) is 12.1 Å². The van der Waals surface area contributed by atoms with E-state index in [4.69, 9.17) is 14.2 Å². The average molecular weight is 402 g/mol. The topological polar surface area (TPSA) is 148 Å². The molecule has 0 saturated carbocycles. The molecule has 152 valence electrons. The van der Waals surface area contributed by atoms with E-state index in [2.05, 4.69) is 9.97 Å². The van der Waals surface area contributed by atoms with Crippen molar-refractivity contribution in [1.82, 2.24) is 9.97 Å². The van der Waals surface area contributed by atoms with Crippen LogP contribution in [0.3, 0.4) is 0 Å². The molecule has 1 aromatic carbocycles. The van der Waals surface area contributed by atoms with E-state index in [9.17, 15) is 24.6 Å². The van der Waals surface area contributed by atoms with E-state index < -0.39 is 23.6 Å². The summed E-state index contributed by atoms with van der Waals surface area (Å²) >= 11 is 0. The Balaban J connectivity index is 2.59. The van der Waals surface area contributed by atoms with E-state index >= 15 is 0 Å². The van der Waals surface area contributed by atoms with E-state index in [1.807, 2.05) is 0 Å². The number of carboxylic acid groups (broad SMARTS) is 2. The van der Waals surface area contributed by atoms with Crippen molar-refractivity contribution in [2.45, 2.75) is 13.8 Å². The third kappa shape index (κ3) is 3.28. The highest BCUT2D eigenvalue weighted by Crippen LogP contribution is 2.44. The smallest absolute Gasteiger partial charge is 0.354 e. The molecule has 3 rings (SSSR count). The summed E-state index contributed by atoms with van der Waals surface area (Å²) in [5.41, 5.74) is -0.350. The van der Waals surface area contributed by atoms with Crippen molar-refractivity contribution in [3.8, 4) is 11.5 Å². The maximum atomic E-state index is 12.6. The Morgan fingerprint density at radius 1 is 1.07 bits per heavy atom. The lowest BCUT2D eigenvalue weighted by Crippen LogP contribution is -2.11. The lowest BCUT2D eigenvalue weighted by Gasteiger charge is -2.16. The molecular weight excluding hydrogens is 384 g/mol. The molecule has 0 atom stereocenters. The second-order valence-corrected chi connectivity index (χ2v) is 5.88. The first-order valence-electron chi connectivity index (χ1n) is 8.67. The first-order chi connectivity index (χ1) is 13.8. The molecule has 3 aromatic rings. The molecular formula is C19H18N2O8. The predicted octanol–water partition coefficient (Wildman–Crippen LogP) is 2.70. The number of carbonyl (C=O) groups excluding carboxylic acids is 1.